The minimum Gasteiger partial charge on any atom is -0.368 e. The van der Waals surface area contributed by atoms with Crippen LogP contribution in [0, 0.1) is 12.7 Å². The Labute approximate surface area is 176 Å². The van der Waals surface area contributed by atoms with Crippen molar-refractivity contribution in [1.82, 2.24) is 24.3 Å². The SMILES string of the molecule is Cc1c(F)ccc2cc(CCNc3ncnc4[nH]cnc34)c(-c3ccccc3)c(=O)n12. The number of hydrogen-bond acceptors (Lipinski definition) is 5. The first kappa shape index (κ1) is 18.9. The Morgan fingerprint density at radius 1 is 1.10 bits per heavy atom. The van der Waals surface area contributed by atoms with Gasteiger partial charge in [0.05, 0.1) is 17.6 Å². The third-order valence-electron chi connectivity index (χ3n) is 5.37. The molecule has 0 amide bonds. The van der Waals surface area contributed by atoms with Crippen molar-refractivity contribution in [3.8, 4) is 11.1 Å². The number of fused-ring (bicyclic) bond motifs is 2. The number of benzene rings is 1. The van der Waals surface area contributed by atoms with Gasteiger partial charge in [0.15, 0.2) is 11.5 Å². The van der Waals surface area contributed by atoms with Crippen molar-refractivity contribution in [2.45, 2.75) is 13.3 Å². The third kappa shape index (κ3) is 3.31. The quantitative estimate of drug-likeness (QED) is 0.458. The molecule has 0 atom stereocenters. The van der Waals surface area contributed by atoms with Crippen LogP contribution in [0.25, 0.3) is 27.8 Å². The summed E-state index contributed by atoms with van der Waals surface area (Å²) in [4.78, 5) is 29.1. The van der Waals surface area contributed by atoms with Gasteiger partial charge < -0.3 is 10.3 Å². The Hall–Kier alpha value is -4.07. The van der Waals surface area contributed by atoms with Gasteiger partial charge in [0.1, 0.15) is 17.7 Å². The third-order valence-corrected chi connectivity index (χ3v) is 5.37. The Balaban J connectivity index is 1.56. The first-order valence-electron chi connectivity index (χ1n) is 9.90. The number of nitrogens with one attached hydrogen (secondary N) is 2. The number of nitrogens with zero attached hydrogens (tertiary/aromatic N) is 4. The van der Waals surface area contributed by atoms with Crippen molar-refractivity contribution in [2.24, 2.45) is 0 Å². The lowest BCUT2D eigenvalue weighted by Gasteiger charge is -2.15. The maximum absolute atomic E-state index is 14.2. The van der Waals surface area contributed by atoms with E-state index in [0.29, 0.717) is 46.7 Å². The van der Waals surface area contributed by atoms with Gasteiger partial charge >= 0.3 is 0 Å². The average Bonchev–Trinajstić information content (AvgIpc) is 3.27. The summed E-state index contributed by atoms with van der Waals surface area (Å²) in [5.74, 6) is 0.220. The van der Waals surface area contributed by atoms with E-state index in [-0.39, 0.29) is 5.56 Å². The number of rotatable bonds is 5. The maximum Gasteiger partial charge on any atom is 0.263 e. The van der Waals surface area contributed by atoms with E-state index in [1.807, 2.05) is 36.4 Å². The first-order chi connectivity index (χ1) is 15.1. The van der Waals surface area contributed by atoms with E-state index < -0.39 is 5.82 Å². The topological polar surface area (TPSA) is 88.0 Å². The van der Waals surface area contributed by atoms with Gasteiger partial charge in [-0.2, -0.15) is 0 Å². The second-order valence-electron chi connectivity index (χ2n) is 7.24. The molecule has 0 fully saturated rings. The van der Waals surface area contributed by atoms with Gasteiger partial charge in [-0.1, -0.05) is 30.3 Å². The molecular formula is C23H19FN6O. The Morgan fingerprint density at radius 2 is 1.94 bits per heavy atom. The van der Waals surface area contributed by atoms with Crippen LogP contribution in [0.1, 0.15) is 11.3 Å². The van der Waals surface area contributed by atoms with Gasteiger partial charge in [0, 0.05) is 12.1 Å². The Bertz CT molecular complexity index is 1460. The lowest BCUT2D eigenvalue weighted by Crippen LogP contribution is -2.21. The number of imidazole rings is 1. The van der Waals surface area contributed by atoms with Crippen LogP contribution < -0.4 is 10.9 Å². The highest BCUT2D eigenvalue weighted by Gasteiger charge is 2.16. The van der Waals surface area contributed by atoms with Crippen LogP contribution in [-0.4, -0.2) is 30.9 Å². The predicted molar refractivity (Wildman–Crippen MR) is 118 cm³/mol. The molecule has 5 rings (SSSR count). The molecule has 31 heavy (non-hydrogen) atoms. The average molecular weight is 414 g/mol. The molecule has 154 valence electrons. The van der Waals surface area contributed by atoms with Crippen LogP contribution in [0.4, 0.5) is 10.2 Å². The van der Waals surface area contributed by atoms with E-state index in [9.17, 15) is 9.18 Å². The lowest BCUT2D eigenvalue weighted by molar-refractivity contribution is 0.605. The molecular weight excluding hydrogens is 395 g/mol. The van der Waals surface area contributed by atoms with Gasteiger partial charge in [-0.25, -0.2) is 19.3 Å². The van der Waals surface area contributed by atoms with Gasteiger partial charge in [-0.15, -0.1) is 0 Å². The minimum absolute atomic E-state index is 0.229. The number of halogens is 1. The number of pyridine rings is 2. The normalized spacial score (nSPS) is 11.3. The Morgan fingerprint density at radius 3 is 2.77 bits per heavy atom. The Kier molecular flexibility index (Phi) is 4.66. The highest BCUT2D eigenvalue weighted by Crippen LogP contribution is 2.24. The van der Waals surface area contributed by atoms with Crippen molar-refractivity contribution in [3.05, 3.63) is 88.6 Å². The van der Waals surface area contributed by atoms with Crippen LogP contribution in [0.5, 0.6) is 0 Å². The van der Waals surface area contributed by atoms with Gasteiger partial charge in [-0.05, 0) is 42.7 Å². The van der Waals surface area contributed by atoms with Crippen LogP contribution in [-0.2, 0) is 6.42 Å². The molecule has 5 aromatic rings. The summed E-state index contributed by atoms with van der Waals surface area (Å²) in [5, 5.41) is 3.29. The van der Waals surface area contributed by atoms with Gasteiger partial charge in [-0.3, -0.25) is 9.20 Å². The maximum atomic E-state index is 14.2. The zero-order valence-electron chi connectivity index (χ0n) is 16.8. The summed E-state index contributed by atoms with van der Waals surface area (Å²) < 4.78 is 15.6. The molecule has 8 heteroatoms. The monoisotopic (exact) mass is 414 g/mol. The van der Waals surface area contributed by atoms with E-state index >= 15 is 0 Å². The number of aromatic amines is 1. The molecule has 7 nitrogen and oxygen atoms in total. The van der Waals surface area contributed by atoms with Gasteiger partial charge in [0.25, 0.3) is 5.56 Å². The van der Waals surface area contributed by atoms with E-state index in [0.717, 1.165) is 11.1 Å². The molecule has 0 bridgehead atoms. The highest BCUT2D eigenvalue weighted by atomic mass is 19.1. The standard InChI is InChI=1S/C23H19FN6O/c1-14-18(24)8-7-17-11-16(19(23(31)30(14)17)15-5-3-2-4-6-15)9-10-25-21-20-22(27-12-26-20)29-13-28-21/h2-8,11-13H,9-10H2,1H3,(H2,25,26,27,28,29). The van der Waals surface area contributed by atoms with Crippen molar-refractivity contribution in [2.75, 3.05) is 11.9 Å². The minimum atomic E-state index is -0.408. The predicted octanol–water partition coefficient (Wildman–Crippen LogP) is 3.73. The van der Waals surface area contributed by atoms with Crippen molar-refractivity contribution >= 4 is 22.5 Å². The largest absolute Gasteiger partial charge is 0.368 e. The molecule has 0 radical (unpaired) electrons. The van der Waals surface area contributed by atoms with Gasteiger partial charge in [0.2, 0.25) is 0 Å². The molecule has 2 N–H and O–H groups in total. The van der Waals surface area contributed by atoms with E-state index in [1.165, 1.54) is 16.8 Å². The summed E-state index contributed by atoms with van der Waals surface area (Å²) >= 11 is 0. The molecule has 0 unspecified atom stereocenters. The summed E-state index contributed by atoms with van der Waals surface area (Å²) in [7, 11) is 0. The number of H-pyrrole nitrogens is 1. The smallest absolute Gasteiger partial charge is 0.263 e. The fraction of sp³-hybridized carbons (Fsp3) is 0.130. The number of anilines is 1. The summed E-state index contributed by atoms with van der Waals surface area (Å²) in [6, 6.07) is 14.4. The summed E-state index contributed by atoms with van der Waals surface area (Å²) in [6.45, 7) is 2.15. The molecule has 0 saturated heterocycles. The molecule has 4 aromatic heterocycles. The van der Waals surface area contributed by atoms with Crippen LogP contribution in [0.2, 0.25) is 0 Å². The van der Waals surface area contributed by atoms with Crippen LogP contribution >= 0.6 is 0 Å². The second kappa shape index (κ2) is 7.64. The van der Waals surface area contributed by atoms with Crippen molar-refractivity contribution in [1.29, 1.82) is 0 Å². The number of aromatic nitrogens is 5. The number of aryl methyl sites for hydroxylation is 1. The summed E-state index contributed by atoms with van der Waals surface area (Å²) in [5.41, 5.74) is 4.30. The fourth-order valence-electron chi connectivity index (χ4n) is 3.86. The molecule has 4 heterocycles. The van der Waals surface area contributed by atoms with Crippen LogP contribution in [0.15, 0.2) is 66.0 Å². The van der Waals surface area contributed by atoms with Crippen LogP contribution in [0.3, 0.4) is 0 Å². The fourth-order valence-corrected chi connectivity index (χ4v) is 3.86. The molecule has 0 spiro atoms. The van der Waals surface area contributed by atoms with E-state index in [4.69, 9.17) is 0 Å². The molecule has 0 aliphatic carbocycles. The number of hydrogen-bond donors (Lipinski definition) is 2. The zero-order chi connectivity index (χ0) is 21.4. The molecule has 0 aliphatic heterocycles. The molecule has 1 aromatic carbocycles. The van der Waals surface area contributed by atoms with E-state index in [2.05, 4.69) is 25.3 Å². The van der Waals surface area contributed by atoms with E-state index in [1.54, 1.807) is 19.3 Å². The van der Waals surface area contributed by atoms with Crippen molar-refractivity contribution < 1.29 is 4.39 Å². The zero-order valence-corrected chi connectivity index (χ0v) is 16.8. The molecule has 0 saturated carbocycles. The lowest BCUT2D eigenvalue weighted by atomic mass is 9.98. The second-order valence-corrected chi connectivity index (χ2v) is 7.24. The highest BCUT2D eigenvalue weighted by molar-refractivity contribution is 5.82. The van der Waals surface area contributed by atoms with Crippen molar-refractivity contribution in [3.63, 3.8) is 0 Å². The molecule has 0 aliphatic rings. The summed E-state index contributed by atoms with van der Waals surface area (Å²) in [6.07, 6.45) is 3.62. The first-order valence-corrected chi connectivity index (χ1v) is 9.90.